The van der Waals surface area contributed by atoms with Crippen molar-refractivity contribution in [3.8, 4) is 28.1 Å². The molecule has 0 spiro atoms. The van der Waals surface area contributed by atoms with E-state index in [4.69, 9.17) is 15.5 Å². The molecule has 0 unspecified atom stereocenters. The molecule has 0 saturated carbocycles. The average Bonchev–Trinajstić information content (AvgIpc) is 3.35. The van der Waals surface area contributed by atoms with Crippen molar-refractivity contribution < 1.29 is 4.74 Å². The molecule has 0 aliphatic heterocycles. The second-order valence-corrected chi connectivity index (χ2v) is 9.18. The third-order valence-corrected chi connectivity index (χ3v) is 6.75. The van der Waals surface area contributed by atoms with Gasteiger partial charge in [-0.2, -0.15) is 4.52 Å². The number of rotatable bonds is 6. The highest BCUT2D eigenvalue weighted by Gasteiger charge is 2.24. The van der Waals surface area contributed by atoms with Gasteiger partial charge >= 0.3 is 0 Å². The summed E-state index contributed by atoms with van der Waals surface area (Å²) < 4.78 is 6.87. The number of nitrogens with zero attached hydrogens (tertiary/aromatic N) is 4. The van der Waals surface area contributed by atoms with Crippen LogP contribution in [0.15, 0.2) is 77.9 Å². The van der Waals surface area contributed by atoms with Crippen LogP contribution in [0.4, 0.5) is 17.5 Å². The number of anilines is 3. The standard InChI is InChI=1S/C29H27N7O2/c1-38-21-14-12-19(13-15-21)25-27(33-23-17-31-22(30)16-32-23)34-28-24(18-8-4-2-5-9-18)26(35-36(28)29(25)37)20-10-6-3-7-11-20/h3,6-8,10-17,35H,2,4-5,9H2,1H3,(H2,30,31)(H,32,33). The van der Waals surface area contributed by atoms with Gasteiger partial charge in [-0.1, -0.05) is 48.5 Å². The number of benzene rings is 2. The summed E-state index contributed by atoms with van der Waals surface area (Å²) in [6.45, 7) is 0. The number of nitrogens with one attached hydrogen (secondary N) is 2. The first kappa shape index (κ1) is 23.5. The number of ether oxygens (including phenoxy) is 1. The van der Waals surface area contributed by atoms with E-state index in [1.54, 1.807) is 11.6 Å². The Kier molecular flexibility index (Phi) is 6.09. The van der Waals surface area contributed by atoms with Gasteiger partial charge in [0, 0.05) is 11.1 Å². The minimum absolute atomic E-state index is 0.231. The van der Waals surface area contributed by atoms with Crippen LogP contribution in [0.2, 0.25) is 0 Å². The highest BCUT2D eigenvalue weighted by molar-refractivity contribution is 5.89. The summed E-state index contributed by atoms with van der Waals surface area (Å²) in [5, 5.41) is 6.60. The van der Waals surface area contributed by atoms with E-state index in [2.05, 4.69) is 26.5 Å². The third-order valence-electron chi connectivity index (χ3n) is 6.75. The Labute approximate surface area is 219 Å². The maximum atomic E-state index is 14.2. The third kappa shape index (κ3) is 4.28. The van der Waals surface area contributed by atoms with Crippen molar-refractivity contribution >= 4 is 28.7 Å². The Morgan fingerprint density at radius 3 is 2.47 bits per heavy atom. The van der Waals surface area contributed by atoms with Gasteiger partial charge in [0.05, 0.1) is 30.8 Å². The molecule has 5 aromatic rings. The van der Waals surface area contributed by atoms with E-state index in [0.717, 1.165) is 42.5 Å². The Bertz CT molecular complexity index is 1690. The van der Waals surface area contributed by atoms with Gasteiger partial charge in [0.2, 0.25) is 0 Å². The smallest absolute Gasteiger partial charge is 0.282 e. The molecule has 0 atom stereocenters. The van der Waals surface area contributed by atoms with Gasteiger partial charge < -0.3 is 15.8 Å². The Balaban J connectivity index is 1.64. The summed E-state index contributed by atoms with van der Waals surface area (Å²) >= 11 is 0. The molecule has 0 saturated heterocycles. The number of methoxy groups -OCH3 is 1. The molecule has 6 rings (SSSR count). The van der Waals surface area contributed by atoms with E-state index in [-0.39, 0.29) is 5.56 Å². The van der Waals surface area contributed by atoms with Crippen LogP contribution < -0.4 is 21.3 Å². The van der Waals surface area contributed by atoms with Crippen molar-refractivity contribution in [1.82, 2.24) is 24.6 Å². The Morgan fingerprint density at radius 1 is 0.974 bits per heavy atom. The molecule has 4 N–H and O–H groups in total. The fourth-order valence-electron chi connectivity index (χ4n) is 4.89. The fraction of sp³-hybridized carbons (Fsp3) is 0.172. The molecule has 1 aliphatic rings. The van der Waals surface area contributed by atoms with Crippen molar-refractivity contribution in [2.75, 3.05) is 18.2 Å². The molecule has 0 bridgehead atoms. The average molecular weight is 506 g/mol. The number of aromatic amines is 1. The van der Waals surface area contributed by atoms with Gasteiger partial charge in [0.1, 0.15) is 23.2 Å². The van der Waals surface area contributed by atoms with Crippen LogP contribution in [-0.4, -0.2) is 31.7 Å². The number of nitrogen functional groups attached to an aromatic ring is 1. The number of H-pyrrole nitrogens is 1. The van der Waals surface area contributed by atoms with Crippen LogP contribution in [0.25, 0.3) is 33.6 Å². The summed E-state index contributed by atoms with van der Waals surface area (Å²) in [5.41, 5.74) is 11.1. The number of hydrogen-bond acceptors (Lipinski definition) is 7. The highest BCUT2D eigenvalue weighted by atomic mass is 16.5. The lowest BCUT2D eigenvalue weighted by atomic mass is 9.92. The zero-order valence-electron chi connectivity index (χ0n) is 20.9. The fourth-order valence-corrected chi connectivity index (χ4v) is 4.89. The first-order valence-electron chi connectivity index (χ1n) is 12.5. The lowest BCUT2D eigenvalue weighted by molar-refractivity contribution is 0.415. The molecule has 1 aliphatic carbocycles. The summed E-state index contributed by atoms with van der Waals surface area (Å²) in [6, 6.07) is 17.4. The van der Waals surface area contributed by atoms with Crippen LogP contribution in [-0.2, 0) is 0 Å². The number of fused-ring (bicyclic) bond motifs is 1. The minimum atomic E-state index is -0.231. The van der Waals surface area contributed by atoms with Crippen LogP contribution in [0.1, 0.15) is 31.2 Å². The SMILES string of the molecule is COc1ccc(-c2c(Nc3cnc(N)cn3)nc3c(C4=CCCCC4)c(-c4ccccc4)[nH]n3c2=O)cc1. The van der Waals surface area contributed by atoms with Gasteiger partial charge in [0.15, 0.2) is 5.65 Å². The zero-order valence-corrected chi connectivity index (χ0v) is 20.9. The summed E-state index contributed by atoms with van der Waals surface area (Å²) in [7, 11) is 1.61. The topological polar surface area (TPSA) is 123 Å². The maximum Gasteiger partial charge on any atom is 0.282 e. The van der Waals surface area contributed by atoms with Crippen LogP contribution >= 0.6 is 0 Å². The molecule has 3 heterocycles. The number of nitrogens with two attached hydrogens (primary N) is 1. The van der Waals surface area contributed by atoms with E-state index < -0.39 is 0 Å². The van der Waals surface area contributed by atoms with Gasteiger partial charge in [-0.3, -0.25) is 9.89 Å². The van der Waals surface area contributed by atoms with Crippen molar-refractivity contribution in [2.45, 2.75) is 25.7 Å². The number of hydrogen-bond donors (Lipinski definition) is 3. The molecule has 38 heavy (non-hydrogen) atoms. The van der Waals surface area contributed by atoms with E-state index in [1.165, 1.54) is 18.0 Å². The molecular formula is C29H27N7O2. The Hall–Kier alpha value is -4.92. The van der Waals surface area contributed by atoms with Crippen LogP contribution in [0.5, 0.6) is 5.75 Å². The lowest BCUT2D eigenvalue weighted by Crippen LogP contribution is -2.20. The molecule has 190 valence electrons. The first-order valence-corrected chi connectivity index (χ1v) is 12.5. The van der Waals surface area contributed by atoms with E-state index in [1.807, 2.05) is 54.6 Å². The van der Waals surface area contributed by atoms with Crippen LogP contribution in [0, 0.1) is 0 Å². The van der Waals surface area contributed by atoms with Crippen molar-refractivity contribution in [3.05, 3.63) is 89.0 Å². The molecule has 0 fully saturated rings. The zero-order chi connectivity index (χ0) is 26.1. The summed E-state index contributed by atoms with van der Waals surface area (Å²) in [4.78, 5) is 27.7. The first-order chi connectivity index (χ1) is 18.6. The van der Waals surface area contributed by atoms with Gasteiger partial charge in [-0.05, 0) is 49.0 Å². The van der Waals surface area contributed by atoms with E-state index in [9.17, 15) is 4.79 Å². The van der Waals surface area contributed by atoms with Gasteiger partial charge in [-0.25, -0.2) is 15.0 Å². The highest BCUT2D eigenvalue weighted by Crippen LogP contribution is 2.37. The maximum absolute atomic E-state index is 14.2. The predicted molar refractivity (Wildman–Crippen MR) is 149 cm³/mol. The second-order valence-electron chi connectivity index (χ2n) is 9.18. The predicted octanol–water partition coefficient (Wildman–Crippen LogP) is 5.44. The summed E-state index contributed by atoms with van der Waals surface area (Å²) in [6.07, 6.45) is 9.43. The van der Waals surface area contributed by atoms with Gasteiger partial charge in [-0.15, -0.1) is 0 Å². The second kappa shape index (κ2) is 9.85. The quantitative estimate of drug-likeness (QED) is 0.281. The molecular weight excluding hydrogens is 478 g/mol. The van der Waals surface area contributed by atoms with E-state index in [0.29, 0.717) is 40.0 Å². The van der Waals surface area contributed by atoms with Gasteiger partial charge in [0.25, 0.3) is 5.56 Å². The Morgan fingerprint density at radius 2 is 1.79 bits per heavy atom. The molecule has 3 aromatic heterocycles. The normalized spacial score (nSPS) is 13.3. The van der Waals surface area contributed by atoms with Crippen molar-refractivity contribution in [2.24, 2.45) is 0 Å². The van der Waals surface area contributed by atoms with E-state index >= 15 is 0 Å². The molecule has 0 radical (unpaired) electrons. The summed E-state index contributed by atoms with van der Waals surface area (Å²) in [5.74, 6) is 1.82. The number of aromatic nitrogens is 5. The molecule has 0 amide bonds. The van der Waals surface area contributed by atoms with Crippen LogP contribution in [0.3, 0.4) is 0 Å². The molecule has 9 nitrogen and oxygen atoms in total. The van der Waals surface area contributed by atoms with Crippen molar-refractivity contribution in [3.63, 3.8) is 0 Å². The van der Waals surface area contributed by atoms with Crippen molar-refractivity contribution in [1.29, 1.82) is 0 Å². The number of allylic oxidation sites excluding steroid dienone is 2. The minimum Gasteiger partial charge on any atom is -0.497 e. The molecule has 2 aromatic carbocycles. The lowest BCUT2D eigenvalue weighted by Gasteiger charge is -2.15. The molecule has 9 heteroatoms. The monoisotopic (exact) mass is 505 g/mol. The largest absolute Gasteiger partial charge is 0.497 e.